The molecule has 0 bridgehead atoms. The first-order valence-electron chi connectivity index (χ1n) is 15.4. The van der Waals surface area contributed by atoms with E-state index < -0.39 is 23.8 Å². The molecule has 16 heteroatoms. The van der Waals surface area contributed by atoms with Crippen LogP contribution in [0.1, 0.15) is 40.1 Å². The van der Waals surface area contributed by atoms with Gasteiger partial charge in [0.1, 0.15) is 21.4 Å². The molecule has 0 saturated carbocycles. The van der Waals surface area contributed by atoms with Crippen LogP contribution >= 0.6 is 54.5 Å². The predicted molar refractivity (Wildman–Crippen MR) is 207 cm³/mol. The van der Waals surface area contributed by atoms with E-state index in [1.54, 1.807) is 36.4 Å². The number of hydrogen-bond donors (Lipinski definition) is 4. The zero-order valence-electron chi connectivity index (χ0n) is 26.4. The molecule has 0 radical (unpaired) electrons. The Morgan fingerprint density at radius 1 is 0.635 bits per heavy atom. The quantitative estimate of drug-likeness (QED) is 0.112. The Labute approximate surface area is 317 Å². The van der Waals surface area contributed by atoms with Gasteiger partial charge in [-0.15, -0.1) is 22.7 Å². The first kappa shape index (κ1) is 33.7. The fourth-order valence-electron chi connectivity index (χ4n) is 6.54. The third-order valence-corrected chi connectivity index (χ3v) is 12.4. The van der Waals surface area contributed by atoms with E-state index in [4.69, 9.17) is 21.4 Å². The summed E-state index contributed by atoms with van der Waals surface area (Å²) in [5, 5.41) is 22.1. The lowest BCUT2D eigenvalue weighted by molar-refractivity contribution is 0.0692. The van der Waals surface area contributed by atoms with Gasteiger partial charge < -0.3 is 30.8 Å². The second kappa shape index (κ2) is 12.7. The number of carboxylic acid groups (broad SMARTS) is 2. The van der Waals surface area contributed by atoms with Crippen molar-refractivity contribution in [2.45, 2.75) is 13.1 Å². The molecule has 6 N–H and O–H groups in total. The molecule has 0 spiro atoms. The largest absolute Gasteiger partial charge is 0.477 e. The number of aryl methyl sites for hydroxylation is 2. The second-order valence-corrected chi connectivity index (χ2v) is 15.6. The van der Waals surface area contributed by atoms with Crippen LogP contribution in [-0.4, -0.2) is 53.1 Å². The van der Waals surface area contributed by atoms with Crippen LogP contribution in [0.25, 0.3) is 65.0 Å². The number of rotatable bonds is 9. The minimum Gasteiger partial charge on any atom is -0.477 e. The van der Waals surface area contributed by atoms with E-state index in [9.17, 15) is 29.4 Å². The van der Waals surface area contributed by atoms with Gasteiger partial charge in [0.05, 0.1) is 33.2 Å². The van der Waals surface area contributed by atoms with E-state index in [1.165, 1.54) is 0 Å². The molecule has 8 rings (SSSR count). The van der Waals surface area contributed by atoms with Gasteiger partial charge in [-0.25, -0.2) is 19.6 Å². The SMILES string of the molecule is NC(=O)c1ccc2c(c1)nc(-c1c(C(=O)O)sc3cccc(Br)c13)n2CCn1c(-c2c(C(=O)O)sc3cccc(Br)c23)nc2cc(C(N)=O)ccc21. The number of nitrogens with zero attached hydrogens (tertiary/aromatic N) is 4. The average Bonchev–Trinajstić information content (AvgIpc) is 3.87. The highest BCUT2D eigenvalue weighted by molar-refractivity contribution is 9.11. The fraction of sp³-hybridized carbons (Fsp3) is 0.0556. The average molecular weight is 859 g/mol. The van der Waals surface area contributed by atoms with Gasteiger partial charge in [0.25, 0.3) is 0 Å². The minimum atomic E-state index is -1.12. The number of imidazole rings is 2. The fourth-order valence-corrected chi connectivity index (χ4v) is 10.1. The molecule has 258 valence electrons. The molecule has 52 heavy (non-hydrogen) atoms. The standard InChI is InChI=1S/C36H22Br2N6O6S2/c37-17-3-1-5-23-25(17)27(29(51-23)35(47)48)33-41-19-13-15(31(39)45)7-9-21(19)43(33)11-12-44-22-10-8-16(32(40)46)14-20(22)42-34(44)28-26-18(38)4-2-6-24(26)52-30(28)36(49)50/h1-10,13-14H,11-12H2,(H2,39,45)(H2,40,46)(H,47,48)(H,49,50). The second-order valence-electron chi connectivity index (χ2n) is 11.8. The number of benzene rings is 4. The van der Waals surface area contributed by atoms with Crippen molar-refractivity contribution in [3.8, 4) is 22.8 Å². The lowest BCUT2D eigenvalue weighted by Gasteiger charge is -2.14. The van der Waals surface area contributed by atoms with Crippen LogP contribution < -0.4 is 11.5 Å². The van der Waals surface area contributed by atoms with Crippen LogP contribution in [0.5, 0.6) is 0 Å². The molecule has 0 saturated heterocycles. The Balaban J connectivity index is 1.39. The first-order valence-corrected chi connectivity index (χ1v) is 18.6. The number of fused-ring (bicyclic) bond motifs is 4. The van der Waals surface area contributed by atoms with Gasteiger partial charge in [-0.1, -0.05) is 44.0 Å². The zero-order chi connectivity index (χ0) is 36.6. The van der Waals surface area contributed by atoms with Gasteiger partial charge in [0.2, 0.25) is 11.8 Å². The number of hydrogen-bond acceptors (Lipinski definition) is 8. The molecule has 0 unspecified atom stereocenters. The number of primary amides is 2. The maximum absolute atomic E-state index is 12.7. The van der Waals surface area contributed by atoms with Crippen molar-refractivity contribution < 1.29 is 29.4 Å². The summed E-state index contributed by atoms with van der Waals surface area (Å²) in [7, 11) is 0. The Morgan fingerprint density at radius 2 is 1.04 bits per heavy atom. The Kier molecular flexibility index (Phi) is 8.21. The molecule has 4 aromatic carbocycles. The molecule has 8 aromatic rings. The van der Waals surface area contributed by atoms with E-state index in [-0.39, 0.29) is 34.0 Å². The number of halogens is 2. The Morgan fingerprint density at radius 3 is 1.40 bits per heavy atom. The summed E-state index contributed by atoms with van der Waals surface area (Å²) in [5.41, 5.74) is 14.6. The third kappa shape index (κ3) is 5.37. The molecule has 0 fully saturated rings. The van der Waals surface area contributed by atoms with Crippen molar-refractivity contribution in [2.75, 3.05) is 0 Å². The maximum atomic E-state index is 12.7. The topological polar surface area (TPSA) is 196 Å². The van der Waals surface area contributed by atoms with E-state index in [0.717, 1.165) is 32.1 Å². The number of carbonyl (C=O) groups excluding carboxylic acids is 2. The van der Waals surface area contributed by atoms with Gasteiger partial charge in [-0.3, -0.25) is 9.59 Å². The molecule has 4 heterocycles. The molecule has 0 aliphatic rings. The predicted octanol–water partition coefficient (Wildman–Crippen LogP) is 7.97. The maximum Gasteiger partial charge on any atom is 0.346 e. The minimum absolute atomic E-state index is 0.0852. The smallest absolute Gasteiger partial charge is 0.346 e. The van der Waals surface area contributed by atoms with E-state index in [0.29, 0.717) is 64.6 Å². The summed E-state index contributed by atoms with van der Waals surface area (Å²) in [4.78, 5) is 59.7. The van der Waals surface area contributed by atoms with E-state index in [1.807, 2.05) is 45.5 Å². The summed E-state index contributed by atoms with van der Waals surface area (Å²) in [6.45, 7) is 0.397. The van der Waals surface area contributed by atoms with Crippen LogP contribution in [0.4, 0.5) is 0 Å². The summed E-state index contributed by atoms with van der Waals surface area (Å²) in [6, 6.07) is 20.7. The van der Waals surface area contributed by atoms with Crippen molar-refractivity contribution in [3.63, 3.8) is 0 Å². The number of amides is 2. The molecular formula is C36H22Br2N6O6S2. The first-order chi connectivity index (χ1) is 24.9. The summed E-state index contributed by atoms with van der Waals surface area (Å²) >= 11 is 9.49. The van der Waals surface area contributed by atoms with Crippen molar-refractivity contribution in [3.05, 3.63) is 103 Å². The summed E-state index contributed by atoms with van der Waals surface area (Å²) in [5.74, 6) is -2.82. The number of nitrogens with two attached hydrogens (primary N) is 2. The van der Waals surface area contributed by atoms with Gasteiger partial charge in [-0.2, -0.15) is 0 Å². The van der Waals surface area contributed by atoms with Gasteiger partial charge >= 0.3 is 11.9 Å². The van der Waals surface area contributed by atoms with Crippen LogP contribution in [0.15, 0.2) is 81.7 Å². The highest BCUT2D eigenvalue weighted by Gasteiger charge is 2.29. The van der Waals surface area contributed by atoms with Crippen molar-refractivity contribution in [2.24, 2.45) is 11.5 Å². The van der Waals surface area contributed by atoms with E-state index >= 15 is 0 Å². The number of carbonyl (C=O) groups is 4. The molecular weight excluding hydrogens is 836 g/mol. The molecule has 2 amide bonds. The lowest BCUT2D eigenvalue weighted by atomic mass is 10.1. The normalized spacial score (nSPS) is 11.7. The lowest BCUT2D eigenvalue weighted by Crippen LogP contribution is -2.12. The number of aromatic carboxylic acids is 2. The highest BCUT2D eigenvalue weighted by Crippen LogP contribution is 2.45. The van der Waals surface area contributed by atoms with Crippen LogP contribution in [-0.2, 0) is 13.1 Å². The van der Waals surface area contributed by atoms with Gasteiger partial charge in [-0.05, 0) is 60.7 Å². The van der Waals surface area contributed by atoms with Crippen molar-refractivity contribution in [1.29, 1.82) is 0 Å². The number of thiophene rings is 2. The number of carboxylic acids is 2. The third-order valence-electron chi connectivity index (χ3n) is 8.78. The van der Waals surface area contributed by atoms with Crippen LogP contribution in [0, 0.1) is 0 Å². The Hall–Kier alpha value is -5.42. The Bertz CT molecular complexity index is 2680. The monoisotopic (exact) mass is 856 g/mol. The number of aromatic nitrogens is 4. The van der Waals surface area contributed by atoms with Gasteiger partial charge in [0.15, 0.2) is 0 Å². The van der Waals surface area contributed by atoms with Crippen molar-refractivity contribution in [1.82, 2.24) is 19.1 Å². The molecule has 0 atom stereocenters. The van der Waals surface area contributed by atoms with Crippen LogP contribution in [0.3, 0.4) is 0 Å². The molecule has 0 aliphatic carbocycles. The summed E-state index contributed by atoms with van der Waals surface area (Å²) in [6.07, 6.45) is 0. The molecule has 4 aromatic heterocycles. The summed E-state index contributed by atoms with van der Waals surface area (Å²) < 4.78 is 6.60. The zero-order valence-corrected chi connectivity index (χ0v) is 31.2. The van der Waals surface area contributed by atoms with E-state index in [2.05, 4.69) is 31.9 Å². The van der Waals surface area contributed by atoms with Crippen LogP contribution in [0.2, 0.25) is 0 Å². The van der Waals surface area contributed by atoms with Gasteiger partial charge in [0, 0.05) is 53.3 Å². The molecule has 12 nitrogen and oxygen atoms in total. The van der Waals surface area contributed by atoms with Crippen molar-refractivity contribution >= 4 is 121 Å². The highest BCUT2D eigenvalue weighted by atomic mass is 79.9. The molecule has 0 aliphatic heterocycles.